The average molecular weight is 281 g/mol. The molecule has 1 aliphatic rings. The zero-order chi connectivity index (χ0) is 14.0. The van der Waals surface area contributed by atoms with Crippen molar-refractivity contribution in [2.75, 3.05) is 13.1 Å². The minimum atomic E-state index is -1.08. The highest BCUT2D eigenvalue weighted by Gasteiger charge is 2.26. The number of hydrogen-bond donors (Lipinski definition) is 0. The van der Waals surface area contributed by atoms with Crippen LogP contribution < -0.4 is 0 Å². The zero-order valence-corrected chi connectivity index (χ0v) is 12.9. The summed E-state index contributed by atoms with van der Waals surface area (Å²) in [7, 11) is -1.08. The summed E-state index contributed by atoms with van der Waals surface area (Å²) in [5, 5.41) is 0. The van der Waals surface area contributed by atoms with Crippen molar-refractivity contribution in [3.8, 4) is 0 Å². The molecular weight excluding hydrogens is 258 g/mol. The molecule has 1 heterocycles. The van der Waals surface area contributed by atoms with Gasteiger partial charge in [-0.2, -0.15) is 0 Å². The Morgan fingerprint density at radius 1 is 1.16 bits per heavy atom. The third-order valence-corrected chi connectivity index (χ3v) is 4.81. The smallest absolute Gasteiger partial charge is 0.127 e. The highest BCUT2D eigenvalue weighted by Crippen LogP contribution is 2.20. The molecule has 3 nitrogen and oxygen atoms in total. The predicted molar refractivity (Wildman–Crippen MR) is 78.5 cm³/mol. The Bertz CT molecular complexity index is 434. The molecule has 0 radical (unpaired) electrons. The van der Waals surface area contributed by atoms with Crippen molar-refractivity contribution >= 4 is 11.0 Å². The maximum atomic E-state index is 12.6. The minimum absolute atomic E-state index is 0.141. The van der Waals surface area contributed by atoms with Crippen LogP contribution in [0.1, 0.15) is 39.2 Å². The summed E-state index contributed by atoms with van der Waals surface area (Å²) in [4.78, 5) is 0.880. The lowest BCUT2D eigenvalue weighted by atomic mass is 10.0. The number of hydrogen-bond acceptors (Lipinski definition) is 2. The molecule has 3 unspecified atom stereocenters. The quantitative estimate of drug-likeness (QED) is 0.852. The molecular formula is C15H23NO2S. The molecule has 0 aliphatic carbocycles. The Kier molecular flexibility index (Phi) is 4.76. The molecule has 106 valence electrons. The van der Waals surface area contributed by atoms with Gasteiger partial charge in [0.1, 0.15) is 11.0 Å². The summed E-state index contributed by atoms with van der Waals surface area (Å²) in [6.45, 7) is 9.84. The number of nitrogens with zero attached hydrogens (tertiary/aromatic N) is 1. The summed E-state index contributed by atoms with van der Waals surface area (Å²) < 4.78 is 20.2. The lowest BCUT2D eigenvalue weighted by Crippen LogP contribution is -2.46. The van der Waals surface area contributed by atoms with E-state index in [1.807, 2.05) is 30.3 Å². The molecule has 4 heteroatoms. The highest BCUT2D eigenvalue weighted by molar-refractivity contribution is 7.82. The summed E-state index contributed by atoms with van der Waals surface area (Å²) in [5.41, 5.74) is 1.28. The van der Waals surface area contributed by atoms with E-state index < -0.39 is 11.0 Å². The van der Waals surface area contributed by atoms with Crippen LogP contribution in [0.15, 0.2) is 29.2 Å². The van der Waals surface area contributed by atoms with Gasteiger partial charge in [0.2, 0.25) is 0 Å². The van der Waals surface area contributed by atoms with Crippen LogP contribution >= 0.6 is 0 Å². The molecule has 0 bridgehead atoms. The van der Waals surface area contributed by atoms with Gasteiger partial charge in [0.15, 0.2) is 0 Å². The van der Waals surface area contributed by atoms with Crippen molar-refractivity contribution in [1.82, 2.24) is 4.31 Å². The maximum absolute atomic E-state index is 12.6. The summed E-state index contributed by atoms with van der Waals surface area (Å²) >= 11 is 0. The Morgan fingerprint density at radius 3 is 2.16 bits per heavy atom. The lowest BCUT2D eigenvalue weighted by molar-refractivity contribution is -0.0428. The van der Waals surface area contributed by atoms with E-state index in [4.69, 9.17) is 4.74 Å². The first-order chi connectivity index (χ1) is 8.97. The molecule has 2 rings (SSSR count). The van der Waals surface area contributed by atoms with E-state index in [1.165, 1.54) is 5.56 Å². The Morgan fingerprint density at radius 2 is 1.68 bits per heavy atom. The molecule has 1 saturated heterocycles. The van der Waals surface area contributed by atoms with Gasteiger partial charge in [-0.15, -0.1) is 0 Å². The fourth-order valence-corrected chi connectivity index (χ4v) is 3.74. The van der Waals surface area contributed by atoms with E-state index in [2.05, 4.69) is 26.0 Å². The third-order valence-electron chi connectivity index (χ3n) is 3.37. The van der Waals surface area contributed by atoms with Gasteiger partial charge in [-0.25, -0.2) is 8.51 Å². The SMILES string of the molecule is CC1CN(S(=O)c2ccc(C(C)C)cc2)CC(C)O1. The summed E-state index contributed by atoms with van der Waals surface area (Å²) in [6.07, 6.45) is 0.283. The molecule has 0 aromatic heterocycles. The second-order valence-electron chi connectivity index (χ2n) is 5.58. The molecule has 1 aliphatic heterocycles. The fraction of sp³-hybridized carbons (Fsp3) is 0.600. The molecule has 3 atom stereocenters. The van der Waals surface area contributed by atoms with Gasteiger partial charge in [-0.1, -0.05) is 26.0 Å². The van der Waals surface area contributed by atoms with E-state index in [0.29, 0.717) is 5.92 Å². The number of benzene rings is 1. The van der Waals surface area contributed by atoms with Crippen LogP contribution in [0.2, 0.25) is 0 Å². The highest BCUT2D eigenvalue weighted by atomic mass is 32.2. The van der Waals surface area contributed by atoms with Crippen molar-refractivity contribution in [3.05, 3.63) is 29.8 Å². The van der Waals surface area contributed by atoms with E-state index in [-0.39, 0.29) is 12.2 Å². The maximum Gasteiger partial charge on any atom is 0.127 e. The predicted octanol–water partition coefficient (Wildman–Crippen LogP) is 2.94. The van der Waals surface area contributed by atoms with Crippen LogP contribution in [0, 0.1) is 0 Å². The Hall–Kier alpha value is -0.710. The second-order valence-corrected chi connectivity index (χ2v) is 7.06. The van der Waals surface area contributed by atoms with Gasteiger partial charge in [0.05, 0.1) is 17.1 Å². The van der Waals surface area contributed by atoms with Crippen molar-refractivity contribution in [1.29, 1.82) is 0 Å². The second kappa shape index (κ2) is 6.16. The van der Waals surface area contributed by atoms with Crippen LogP contribution in [-0.2, 0) is 15.7 Å². The van der Waals surface area contributed by atoms with Crippen LogP contribution in [0.4, 0.5) is 0 Å². The van der Waals surface area contributed by atoms with Crippen molar-refractivity contribution < 1.29 is 8.95 Å². The van der Waals surface area contributed by atoms with Gasteiger partial charge in [0.25, 0.3) is 0 Å². The van der Waals surface area contributed by atoms with Gasteiger partial charge >= 0.3 is 0 Å². The number of morpholine rings is 1. The normalized spacial score (nSPS) is 26.6. The molecule has 0 amide bonds. The first kappa shape index (κ1) is 14.7. The number of ether oxygens (including phenoxy) is 1. The third kappa shape index (κ3) is 3.65. The fourth-order valence-electron chi connectivity index (χ4n) is 2.38. The zero-order valence-electron chi connectivity index (χ0n) is 12.1. The molecule has 1 fully saturated rings. The summed E-state index contributed by atoms with van der Waals surface area (Å²) in [5.74, 6) is 0.505. The van der Waals surface area contributed by atoms with Crippen molar-refractivity contribution in [2.45, 2.75) is 50.7 Å². The minimum Gasteiger partial charge on any atom is -0.373 e. The molecule has 1 aromatic carbocycles. The van der Waals surface area contributed by atoms with Gasteiger partial charge in [0, 0.05) is 13.1 Å². The molecule has 19 heavy (non-hydrogen) atoms. The molecule has 0 N–H and O–H groups in total. The van der Waals surface area contributed by atoms with E-state index in [0.717, 1.165) is 18.0 Å². The van der Waals surface area contributed by atoms with E-state index in [1.54, 1.807) is 0 Å². The first-order valence-corrected chi connectivity index (χ1v) is 8.00. The van der Waals surface area contributed by atoms with Crippen molar-refractivity contribution in [2.24, 2.45) is 0 Å². The van der Waals surface area contributed by atoms with Gasteiger partial charge in [-0.3, -0.25) is 0 Å². The molecule has 1 aromatic rings. The monoisotopic (exact) mass is 281 g/mol. The Labute approximate surface area is 118 Å². The average Bonchev–Trinajstić information content (AvgIpc) is 2.37. The van der Waals surface area contributed by atoms with E-state index in [9.17, 15) is 4.21 Å². The first-order valence-electron chi connectivity index (χ1n) is 6.89. The summed E-state index contributed by atoms with van der Waals surface area (Å²) in [6, 6.07) is 8.11. The molecule has 0 saturated carbocycles. The van der Waals surface area contributed by atoms with Crippen LogP contribution in [0.5, 0.6) is 0 Å². The Balaban J connectivity index is 2.10. The van der Waals surface area contributed by atoms with E-state index >= 15 is 0 Å². The molecule has 0 spiro atoms. The lowest BCUT2D eigenvalue weighted by Gasteiger charge is -2.34. The largest absolute Gasteiger partial charge is 0.373 e. The van der Waals surface area contributed by atoms with Gasteiger partial charge in [-0.05, 0) is 37.5 Å². The van der Waals surface area contributed by atoms with Crippen LogP contribution in [0.25, 0.3) is 0 Å². The van der Waals surface area contributed by atoms with Crippen LogP contribution in [0.3, 0.4) is 0 Å². The van der Waals surface area contributed by atoms with Gasteiger partial charge < -0.3 is 4.74 Å². The van der Waals surface area contributed by atoms with Crippen molar-refractivity contribution in [3.63, 3.8) is 0 Å². The standard InChI is InChI=1S/C15H23NO2S/c1-11(2)14-5-7-15(8-6-14)19(17)16-9-12(3)18-13(4)10-16/h5-8,11-13H,9-10H2,1-4H3. The van der Waals surface area contributed by atoms with Crippen LogP contribution in [-0.4, -0.2) is 33.8 Å². The topological polar surface area (TPSA) is 29.5 Å². The number of rotatable bonds is 3.